The van der Waals surface area contributed by atoms with E-state index in [0.717, 1.165) is 17.8 Å². The lowest BCUT2D eigenvalue weighted by Crippen LogP contribution is -2.59. The average Bonchev–Trinajstić information content (AvgIpc) is 2.39. The Hall–Kier alpha value is -0.980. The molecule has 1 heteroatoms. The van der Waals surface area contributed by atoms with Gasteiger partial charge in [0.25, 0.3) is 0 Å². The minimum atomic E-state index is 0.483. The Balaban J connectivity index is 1.67. The summed E-state index contributed by atoms with van der Waals surface area (Å²) in [5.74, 6) is 3.07. The molecule has 1 aromatic carbocycles. The highest BCUT2D eigenvalue weighted by Gasteiger charge is 2.52. The maximum absolute atomic E-state index is 2.66. The van der Waals surface area contributed by atoms with Crippen molar-refractivity contribution in [2.24, 2.45) is 17.8 Å². The van der Waals surface area contributed by atoms with Crippen LogP contribution >= 0.6 is 0 Å². The number of hydrogen-bond acceptors (Lipinski definition) is 1. The predicted molar refractivity (Wildman–Crippen MR) is 85.2 cm³/mol. The third-order valence-corrected chi connectivity index (χ3v) is 6.60. The van der Waals surface area contributed by atoms with Gasteiger partial charge in [0.05, 0.1) is 0 Å². The van der Waals surface area contributed by atoms with Gasteiger partial charge in [0.15, 0.2) is 0 Å². The van der Waals surface area contributed by atoms with E-state index in [1.807, 2.05) is 0 Å². The third kappa shape index (κ3) is 1.82. The van der Waals surface area contributed by atoms with E-state index < -0.39 is 0 Å². The first-order chi connectivity index (χ1) is 9.56. The molecule has 0 N–H and O–H groups in total. The summed E-state index contributed by atoms with van der Waals surface area (Å²) in [5.41, 5.74) is 4.76. The molecule has 0 heterocycles. The Morgan fingerprint density at radius 3 is 1.95 bits per heavy atom. The molecule has 0 unspecified atom stereocenters. The predicted octanol–water partition coefficient (Wildman–Crippen LogP) is 4.71. The second-order valence-electron chi connectivity index (χ2n) is 7.97. The highest BCUT2D eigenvalue weighted by Crippen LogP contribution is 2.58. The molecule has 0 saturated heterocycles. The van der Waals surface area contributed by atoms with Crippen molar-refractivity contribution in [3.8, 4) is 0 Å². The Morgan fingerprint density at radius 2 is 1.45 bits per heavy atom. The standard InChI is InChI=1S/C19H27N/c1-13-4-5-18(6-14(13)2)20(3)19-10-15-7-16(11-19)9-17(8-15)12-19/h4-6,15-17H,7-12H2,1-3H3. The van der Waals surface area contributed by atoms with E-state index in [1.165, 1.54) is 55.3 Å². The van der Waals surface area contributed by atoms with Gasteiger partial charge in [0.2, 0.25) is 0 Å². The van der Waals surface area contributed by atoms with Gasteiger partial charge < -0.3 is 4.90 Å². The van der Waals surface area contributed by atoms with Gasteiger partial charge in [-0.2, -0.15) is 0 Å². The number of rotatable bonds is 2. The summed E-state index contributed by atoms with van der Waals surface area (Å²) < 4.78 is 0. The van der Waals surface area contributed by atoms with Gasteiger partial charge in [-0.1, -0.05) is 6.07 Å². The first-order valence-corrected chi connectivity index (χ1v) is 8.37. The zero-order chi connectivity index (χ0) is 13.9. The molecule has 20 heavy (non-hydrogen) atoms. The zero-order valence-electron chi connectivity index (χ0n) is 13.2. The van der Waals surface area contributed by atoms with Gasteiger partial charge in [-0.15, -0.1) is 0 Å². The maximum atomic E-state index is 2.66. The number of benzene rings is 1. The van der Waals surface area contributed by atoms with Crippen molar-refractivity contribution in [3.05, 3.63) is 29.3 Å². The molecular formula is C19H27N. The second-order valence-corrected chi connectivity index (χ2v) is 7.97. The van der Waals surface area contributed by atoms with Crippen LogP contribution in [0, 0.1) is 31.6 Å². The summed E-state index contributed by atoms with van der Waals surface area (Å²) in [6.07, 6.45) is 8.92. The van der Waals surface area contributed by atoms with Gasteiger partial charge in [-0.25, -0.2) is 0 Å². The molecule has 1 nitrogen and oxygen atoms in total. The molecular weight excluding hydrogens is 242 g/mol. The molecule has 0 aliphatic heterocycles. The summed E-state index contributed by atoms with van der Waals surface area (Å²) in [7, 11) is 2.36. The fourth-order valence-corrected chi connectivity index (χ4v) is 5.68. The number of anilines is 1. The van der Waals surface area contributed by atoms with Gasteiger partial charge >= 0.3 is 0 Å². The van der Waals surface area contributed by atoms with E-state index in [9.17, 15) is 0 Å². The van der Waals surface area contributed by atoms with Crippen molar-refractivity contribution in [2.45, 2.75) is 57.9 Å². The fraction of sp³-hybridized carbons (Fsp3) is 0.684. The summed E-state index contributed by atoms with van der Waals surface area (Å²) in [4.78, 5) is 2.66. The molecule has 0 atom stereocenters. The van der Waals surface area contributed by atoms with Crippen LogP contribution in [0.1, 0.15) is 49.7 Å². The molecule has 0 radical (unpaired) electrons. The maximum Gasteiger partial charge on any atom is 0.0407 e. The lowest BCUT2D eigenvalue weighted by molar-refractivity contribution is -0.00200. The average molecular weight is 269 g/mol. The normalized spacial score (nSPS) is 38.2. The van der Waals surface area contributed by atoms with Crippen LogP contribution in [0.4, 0.5) is 5.69 Å². The molecule has 0 aromatic heterocycles. The molecule has 1 aromatic rings. The first kappa shape index (κ1) is 12.7. The minimum Gasteiger partial charge on any atom is -0.369 e. The third-order valence-electron chi connectivity index (χ3n) is 6.60. The van der Waals surface area contributed by atoms with Crippen molar-refractivity contribution >= 4 is 5.69 Å². The smallest absolute Gasteiger partial charge is 0.0407 e. The summed E-state index contributed by atoms with van der Waals surface area (Å²) >= 11 is 0. The molecule has 4 bridgehead atoms. The van der Waals surface area contributed by atoms with Crippen molar-refractivity contribution in [2.75, 3.05) is 11.9 Å². The molecule has 0 spiro atoms. The minimum absolute atomic E-state index is 0.483. The molecule has 0 amide bonds. The number of hydrogen-bond donors (Lipinski definition) is 0. The Bertz CT molecular complexity index is 495. The second kappa shape index (κ2) is 4.26. The molecule has 5 rings (SSSR count). The molecule has 4 saturated carbocycles. The van der Waals surface area contributed by atoms with Crippen LogP contribution in [0.25, 0.3) is 0 Å². The first-order valence-electron chi connectivity index (χ1n) is 8.37. The topological polar surface area (TPSA) is 3.24 Å². The van der Waals surface area contributed by atoms with Crippen LogP contribution < -0.4 is 4.90 Å². The van der Waals surface area contributed by atoms with E-state index in [2.05, 4.69) is 44.0 Å². The lowest BCUT2D eigenvalue weighted by atomic mass is 9.52. The summed E-state index contributed by atoms with van der Waals surface area (Å²) in [6.45, 7) is 4.45. The fourth-order valence-electron chi connectivity index (χ4n) is 5.68. The van der Waals surface area contributed by atoms with E-state index >= 15 is 0 Å². The van der Waals surface area contributed by atoms with Crippen LogP contribution in [0.5, 0.6) is 0 Å². The van der Waals surface area contributed by atoms with E-state index in [-0.39, 0.29) is 0 Å². The molecule has 4 aliphatic carbocycles. The highest BCUT2D eigenvalue weighted by molar-refractivity contribution is 5.52. The van der Waals surface area contributed by atoms with E-state index in [1.54, 1.807) is 0 Å². The van der Waals surface area contributed by atoms with Crippen LogP contribution in [0.3, 0.4) is 0 Å². The largest absolute Gasteiger partial charge is 0.369 e. The monoisotopic (exact) mass is 269 g/mol. The zero-order valence-corrected chi connectivity index (χ0v) is 13.2. The lowest BCUT2D eigenvalue weighted by Gasteiger charge is -2.60. The van der Waals surface area contributed by atoms with Gasteiger partial charge in [0.1, 0.15) is 0 Å². The van der Waals surface area contributed by atoms with Crippen molar-refractivity contribution in [3.63, 3.8) is 0 Å². The van der Waals surface area contributed by atoms with Crippen molar-refractivity contribution < 1.29 is 0 Å². The van der Waals surface area contributed by atoms with Crippen LogP contribution in [-0.2, 0) is 0 Å². The van der Waals surface area contributed by atoms with E-state index in [4.69, 9.17) is 0 Å². The highest BCUT2D eigenvalue weighted by atomic mass is 15.2. The van der Waals surface area contributed by atoms with Gasteiger partial charge in [-0.05, 0) is 93.4 Å². The molecule has 4 fully saturated rings. The Kier molecular flexibility index (Phi) is 2.71. The van der Waals surface area contributed by atoms with Crippen LogP contribution in [-0.4, -0.2) is 12.6 Å². The molecule has 108 valence electrons. The van der Waals surface area contributed by atoms with E-state index in [0.29, 0.717) is 5.54 Å². The molecule has 4 aliphatic rings. The summed E-state index contributed by atoms with van der Waals surface area (Å²) in [5, 5.41) is 0. The van der Waals surface area contributed by atoms with Gasteiger partial charge in [0, 0.05) is 18.3 Å². The quantitative estimate of drug-likeness (QED) is 0.751. The summed E-state index contributed by atoms with van der Waals surface area (Å²) in [6, 6.07) is 7.02. The SMILES string of the molecule is Cc1ccc(N(C)C23CC4CC(CC(C4)C2)C3)cc1C. The number of nitrogens with zero attached hydrogens (tertiary/aromatic N) is 1. The van der Waals surface area contributed by atoms with Crippen molar-refractivity contribution in [1.82, 2.24) is 0 Å². The Morgan fingerprint density at radius 1 is 0.900 bits per heavy atom. The van der Waals surface area contributed by atoms with Crippen LogP contribution in [0.2, 0.25) is 0 Å². The number of aryl methyl sites for hydroxylation is 2. The van der Waals surface area contributed by atoms with Crippen molar-refractivity contribution in [1.29, 1.82) is 0 Å². The van der Waals surface area contributed by atoms with Gasteiger partial charge in [-0.3, -0.25) is 0 Å². The Labute approximate surface area is 123 Å². The van der Waals surface area contributed by atoms with Crippen LogP contribution in [0.15, 0.2) is 18.2 Å².